The van der Waals surface area contributed by atoms with Gasteiger partial charge in [0.05, 0.1) is 0 Å². The van der Waals surface area contributed by atoms with Crippen LogP contribution in [0.4, 0.5) is 0 Å². The van der Waals surface area contributed by atoms with Crippen molar-refractivity contribution in [2.24, 2.45) is 5.92 Å². The molecule has 0 radical (unpaired) electrons. The third kappa shape index (κ3) is 3.07. The predicted octanol–water partition coefficient (Wildman–Crippen LogP) is 2.82. The predicted molar refractivity (Wildman–Crippen MR) is 85.1 cm³/mol. The molecule has 2 nitrogen and oxygen atoms in total. The molecule has 20 heavy (non-hydrogen) atoms. The van der Waals surface area contributed by atoms with Crippen LogP contribution in [0.15, 0.2) is 24.3 Å². The van der Waals surface area contributed by atoms with E-state index in [1.807, 2.05) is 0 Å². The lowest BCUT2D eigenvalue weighted by molar-refractivity contribution is 0.130. The quantitative estimate of drug-likeness (QED) is 0.831. The van der Waals surface area contributed by atoms with E-state index in [4.69, 9.17) is 0 Å². The average molecular weight is 272 g/mol. The van der Waals surface area contributed by atoms with Crippen molar-refractivity contribution in [2.45, 2.75) is 38.6 Å². The number of fused-ring (bicyclic) bond motifs is 1. The van der Waals surface area contributed by atoms with Gasteiger partial charge in [-0.05, 0) is 62.9 Å². The van der Waals surface area contributed by atoms with Crippen molar-refractivity contribution in [3.63, 3.8) is 0 Å². The molecule has 1 aromatic carbocycles. The van der Waals surface area contributed by atoms with Crippen molar-refractivity contribution < 1.29 is 0 Å². The fraction of sp³-hybridized carbons (Fsp3) is 0.667. The number of piperidine rings is 1. The molecule has 2 atom stereocenters. The molecular weight excluding hydrogens is 244 g/mol. The highest BCUT2D eigenvalue weighted by molar-refractivity contribution is 5.22. The second-order valence-electron chi connectivity index (χ2n) is 6.62. The minimum atomic E-state index is 0.862. The lowest BCUT2D eigenvalue weighted by Gasteiger charge is -2.36. The Labute approximate surface area is 123 Å². The van der Waals surface area contributed by atoms with Crippen LogP contribution in [0, 0.1) is 5.92 Å². The van der Waals surface area contributed by atoms with Gasteiger partial charge in [-0.2, -0.15) is 0 Å². The highest BCUT2D eigenvalue weighted by atomic mass is 15.2. The van der Waals surface area contributed by atoms with E-state index in [1.54, 1.807) is 0 Å². The molecule has 110 valence electrons. The van der Waals surface area contributed by atoms with E-state index in [2.05, 4.69) is 48.0 Å². The Hall–Kier alpha value is -0.860. The molecule has 0 amide bonds. The van der Waals surface area contributed by atoms with Gasteiger partial charge in [-0.1, -0.05) is 31.2 Å². The van der Waals surface area contributed by atoms with Crippen LogP contribution in [0.25, 0.3) is 0 Å². The number of hydrogen-bond donors (Lipinski definition) is 0. The van der Waals surface area contributed by atoms with Crippen molar-refractivity contribution in [3.8, 4) is 0 Å². The molecule has 1 aromatic rings. The van der Waals surface area contributed by atoms with Crippen molar-refractivity contribution in [1.82, 2.24) is 9.80 Å². The van der Waals surface area contributed by atoms with E-state index in [-0.39, 0.29) is 0 Å². The Bertz CT molecular complexity index is 426. The van der Waals surface area contributed by atoms with Crippen LogP contribution in [0.5, 0.6) is 0 Å². The monoisotopic (exact) mass is 272 g/mol. The first kappa shape index (κ1) is 14.1. The smallest absolute Gasteiger partial charge is 0.0148 e. The number of rotatable bonds is 4. The highest BCUT2D eigenvalue weighted by Gasteiger charge is 2.36. The molecule has 0 spiro atoms. The summed E-state index contributed by atoms with van der Waals surface area (Å²) in [6.45, 7) is 7.38. The summed E-state index contributed by atoms with van der Waals surface area (Å²) < 4.78 is 0. The summed E-state index contributed by atoms with van der Waals surface area (Å²) in [5.41, 5.74) is 2.95. The molecule has 2 heterocycles. The molecule has 2 aliphatic rings. The van der Waals surface area contributed by atoms with Crippen molar-refractivity contribution in [1.29, 1.82) is 0 Å². The van der Waals surface area contributed by atoms with Gasteiger partial charge in [0.1, 0.15) is 0 Å². The number of hydrogen-bond acceptors (Lipinski definition) is 2. The van der Waals surface area contributed by atoms with Gasteiger partial charge in [-0.3, -0.25) is 4.90 Å². The SMILES string of the molecule is CCc1ccc(CCN2CCC3CN(C)CCC32)cc1. The molecule has 2 aliphatic heterocycles. The van der Waals surface area contributed by atoms with Gasteiger partial charge >= 0.3 is 0 Å². The van der Waals surface area contributed by atoms with Gasteiger partial charge in [0.15, 0.2) is 0 Å². The van der Waals surface area contributed by atoms with Crippen LogP contribution in [0.2, 0.25) is 0 Å². The summed E-state index contributed by atoms with van der Waals surface area (Å²) in [4.78, 5) is 5.26. The summed E-state index contributed by atoms with van der Waals surface area (Å²) >= 11 is 0. The lowest BCUT2D eigenvalue weighted by atomic mass is 9.93. The van der Waals surface area contributed by atoms with E-state index in [1.165, 1.54) is 56.6 Å². The maximum Gasteiger partial charge on any atom is 0.0148 e. The van der Waals surface area contributed by atoms with Gasteiger partial charge in [0, 0.05) is 19.1 Å². The summed E-state index contributed by atoms with van der Waals surface area (Å²) in [6, 6.07) is 10.1. The second-order valence-corrected chi connectivity index (χ2v) is 6.62. The highest BCUT2D eigenvalue weighted by Crippen LogP contribution is 2.30. The molecule has 0 N–H and O–H groups in total. The molecule has 2 fully saturated rings. The van der Waals surface area contributed by atoms with E-state index in [0.717, 1.165) is 18.4 Å². The van der Waals surface area contributed by atoms with E-state index in [9.17, 15) is 0 Å². The van der Waals surface area contributed by atoms with Crippen molar-refractivity contribution in [3.05, 3.63) is 35.4 Å². The number of aryl methyl sites for hydroxylation is 1. The van der Waals surface area contributed by atoms with Crippen LogP contribution >= 0.6 is 0 Å². The Balaban J connectivity index is 1.53. The van der Waals surface area contributed by atoms with Crippen LogP contribution < -0.4 is 0 Å². The minimum Gasteiger partial charge on any atom is -0.306 e. The Morgan fingerprint density at radius 2 is 1.80 bits per heavy atom. The summed E-state index contributed by atoms with van der Waals surface area (Å²) in [5, 5.41) is 0. The van der Waals surface area contributed by atoms with Gasteiger partial charge < -0.3 is 4.90 Å². The van der Waals surface area contributed by atoms with Gasteiger partial charge in [0.2, 0.25) is 0 Å². The molecule has 2 unspecified atom stereocenters. The van der Waals surface area contributed by atoms with Crippen LogP contribution in [0.3, 0.4) is 0 Å². The third-order valence-electron chi connectivity index (χ3n) is 5.27. The van der Waals surface area contributed by atoms with Crippen LogP contribution in [-0.2, 0) is 12.8 Å². The van der Waals surface area contributed by atoms with E-state index < -0.39 is 0 Å². The number of likely N-dealkylation sites (tertiary alicyclic amines) is 2. The van der Waals surface area contributed by atoms with E-state index in [0.29, 0.717) is 0 Å². The molecule has 0 saturated carbocycles. The normalized spacial score (nSPS) is 27.7. The van der Waals surface area contributed by atoms with Gasteiger partial charge in [-0.15, -0.1) is 0 Å². The maximum atomic E-state index is 2.76. The standard InChI is InChI=1S/C18H28N2/c1-3-15-4-6-16(7-5-15)8-12-20-13-9-17-14-19(2)11-10-18(17)20/h4-7,17-18H,3,8-14H2,1-2H3. The molecule has 0 aliphatic carbocycles. The Morgan fingerprint density at radius 1 is 1.05 bits per heavy atom. The summed E-state index contributed by atoms with van der Waals surface area (Å²) in [7, 11) is 2.27. The zero-order chi connectivity index (χ0) is 13.9. The largest absolute Gasteiger partial charge is 0.306 e. The molecule has 2 heteroatoms. The lowest BCUT2D eigenvalue weighted by Crippen LogP contribution is -2.44. The molecule has 3 rings (SSSR count). The summed E-state index contributed by atoms with van der Waals surface area (Å²) in [5.74, 6) is 0.927. The fourth-order valence-electron chi connectivity index (χ4n) is 3.96. The maximum absolute atomic E-state index is 2.76. The third-order valence-corrected chi connectivity index (χ3v) is 5.27. The van der Waals surface area contributed by atoms with E-state index >= 15 is 0 Å². The molecule has 2 saturated heterocycles. The first-order valence-corrected chi connectivity index (χ1v) is 8.26. The first-order chi connectivity index (χ1) is 9.76. The van der Waals surface area contributed by atoms with Gasteiger partial charge in [-0.25, -0.2) is 0 Å². The molecule has 0 bridgehead atoms. The number of benzene rings is 1. The Morgan fingerprint density at radius 3 is 2.55 bits per heavy atom. The van der Waals surface area contributed by atoms with Crippen LogP contribution in [0.1, 0.15) is 30.9 Å². The number of nitrogens with zero attached hydrogens (tertiary/aromatic N) is 2. The zero-order valence-corrected chi connectivity index (χ0v) is 13.0. The average Bonchev–Trinajstić information content (AvgIpc) is 2.88. The minimum absolute atomic E-state index is 0.862. The molecular formula is C18H28N2. The first-order valence-electron chi connectivity index (χ1n) is 8.26. The van der Waals surface area contributed by atoms with Crippen LogP contribution in [-0.4, -0.2) is 49.1 Å². The topological polar surface area (TPSA) is 6.48 Å². The molecule has 0 aromatic heterocycles. The Kier molecular flexibility index (Phi) is 4.42. The van der Waals surface area contributed by atoms with Gasteiger partial charge in [0.25, 0.3) is 0 Å². The van der Waals surface area contributed by atoms with Crippen molar-refractivity contribution in [2.75, 3.05) is 33.2 Å². The zero-order valence-electron chi connectivity index (χ0n) is 13.0. The van der Waals surface area contributed by atoms with Crippen molar-refractivity contribution >= 4 is 0 Å². The second kappa shape index (κ2) is 6.28. The fourth-order valence-corrected chi connectivity index (χ4v) is 3.96. The summed E-state index contributed by atoms with van der Waals surface area (Å²) in [6.07, 6.45) is 5.13.